The first-order valence-electron chi connectivity index (χ1n) is 3.97. The Balaban J connectivity index is 2.68. The molecule has 15 heavy (non-hydrogen) atoms. The average Bonchev–Trinajstić information content (AvgIpc) is 2.69. The van der Waals surface area contributed by atoms with Crippen LogP contribution < -0.4 is 5.14 Å². The number of nitrogens with zero attached hydrogens (tertiary/aromatic N) is 2. The first kappa shape index (κ1) is 10.2. The van der Waals surface area contributed by atoms with E-state index < -0.39 is 10.0 Å². The van der Waals surface area contributed by atoms with Crippen molar-refractivity contribution in [2.45, 2.75) is 4.90 Å². The number of primary sulfonamides is 1. The highest BCUT2D eigenvalue weighted by molar-refractivity contribution is 7.89. The molecule has 78 valence electrons. The van der Waals surface area contributed by atoms with Crippen LogP contribution in [0.25, 0.3) is 10.6 Å². The summed E-state index contributed by atoms with van der Waals surface area (Å²) in [5.74, 6) is 0. The van der Waals surface area contributed by atoms with Gasteiger partial charge in [0.2, 0.25) is 10.0 Å². The van der Waals surface area contributed by atoms with Crippen molar-refractivity contribution in [1.29, 1.82) is 0 Å². The van der Waals surface area contributed by atoms with Crippen LogP contribution in [-0.4, -0.2) is 18.6 Å². The summed E-state index contributed by atoms with van der Waals surface area (Å²) in [6.45, 7) is 0. The zero-order valence-corrected chi connectivity index (χ0v) is 9.12. The molecule has 0 aliphatic carbocycles. The van der Waals surface area contributed by atoms with E-state index in [0.29, 0.717) is 10.6 Å². The number of hydrogen-bond donors (Lipinski definition) is 1. The Labute approximate surface area is 90.6 Å². The molecule has 0 atom stereocenters. The third-order valence-corrected chi connectivity index (χ3v) is 3.48. The Morgan fingerprint density at radius 2 is 2.00 bits per heavy atom. The van der Waals surface area contributed by atoms with Crippen LogP contribution in [0.1, 0.15) is 0 Å². The van der Waals surface area contributed by atoms with E-state index in [1.165, 1.54) is 22.9 Å². The third-order valence-electron chi connectivity index (χ3n) is 1.78. The molecule has 0 aliphatic rings. The molecule has 0 bridgehead atoms. The molecule has 0 aliphatic heterocycles. The van der Waals surface area contributed by atoms with Gasteiger partial charge in [0.15, 0.2) is 0 Å². The van der Waals surface area contributed by atoms with Gasteiger partial charge in [0.25, 0.3) is 0 Å². The molecular weight excluding hydrogens is 234 g/mol. The van der Waals surface area contributed by atoms with Gasteiger partial charge in [-0.05, 0) is 6.07 Å². The van der Waals surface area contributed by atoms with Gasteiger partial charge in [-0.1, -0.05) is 29.5 Å². The summed E-state index contributed by atoms with van der Waals surface area (Å²) in [4.78, 5) is 0.0711. The minimum Gasteiger partial charge on any atom is -0.225 e. The van der Waals surface area contributed by atoms with Crippen molar-refractivity contribution in [2.75, 3.05) is 0 Å². The van der Waals surface area contributed by atoms with E-state index in [4.69, 9.17) is 5.14 Å². The molecule has 2 aromatic rings. The predicted octanol–water partition coefficient (Wildman–Crippen LogP) is 0.853. The van der Waals surface area contributed by atoms with Crippen molar-refractivity contribution in [2.24, 2.45) is 5.14 Å². The molecule has 7 heteroatoms. The normalized spacial score (nSPS) is 11.5. The second kappa shape index (κ2) is 3.69. The van der Waals surface area contributed by atoms with Crippen molar-refractivity contribution in [3.05, 3.63) is 29.8 Å². The Bertz CT molecular complexity index is 563. The van der Waals surface area contributed by atoms with Crippen molar-refractivity contribution in [3.63, 3.8) is 0 Å². The quantitative estimate of drug-likeness (QED) is 0.844. The standard InChI is InChI=1S/C8H7N3O2S2/c9-15(12,13)7-4-2-1-3-6(7)8-11-10-5-14-8/h1-5H,(H2,9,12,13). The largest absolute Gasteiger partial charge is 0.238 e. The Hall–Kier alpha value is -1.31. The summed E-state index contributed by atoms with van der Waals surface area (Å²) in [5, 5.41) is 13.1. The van der Waals surface area contributed by atoms with Gasteiger partial charge in [0.1, 0.15) is 10.5 Å². The molecule has 5 nitrogen and oxygen atoms in total. The van der Waals surface area contributed by atoms with E-state index in [1.807, 2.05) is 0 Å². The van der Waals surface area contributed by atoms with E-state index in [9.17, 15) is 8.42 Å². The average molecular weight is 241 g/mol. The van der Waals surface area contributed by atoms with Crippen molar-refractivity contribution in [3.8, 4) is 10.6 Å². The van der Waals surface area contributed by atoms with Crippen molar-refractivity contribution < 1.29 is 8.42 Å². The number of sulfonamides is 1. The minimum atomic E-state index is -3.72. The highest BCUT2D eigenvalue weighted by atomic mass is 32.2. The van der Waals surface area contributed by atoms with Crippen molar-refractivity contribution in [1.82, 2.24) is 10.2 Å². The van der Waals surface area contributed by atoms with Gasteiger partial charge in [0.05, 0.1) is 4.90 Å². The molecule has 1 aromatic carbocycles. The molecule has 0 amide bonds. The molecule has 0 fully saturated rings. The monoisotopic (exact) mass is 241 g/mol. The smallest absolute Gasteiger partial charge is 0.225 e. The minimum absolute atomic E-state index is 0.0711. The highest BCUT2D eigenvalue weighted by Gasteiger charge is 2.15. The van der Waals surface area contributed by atoms with Gasteiger partial charge in [-0.3, -0.25) is 0 Å². The maximum absolute atomic E-state index is 11.3. The number of benzene rings is 1. The van der Waals surface area contributed by atoms with Crippen LogP contribution in [0.15, 0.2) is 34.7 Å². The Morgan fingerprint density at radius 1 is 1.27 bits per heavy atom. The lowest BCUT2D eigenvalue weighted by molar-refractivity contribution is 0.598. The predicted molar refractivity (Wildman–Crippen MR) is 56.7 cm³/mol. The summed E-state index contributed by atoms with van der Waals surface area (Å²) in [6, 6.07) is 6.45. The first-order valence-corrected chi connectivity index (χ1v) is 6.40. The summed E-state index contributed by atoms with van der Waals surface area (Å²) < 4.78 is 22.6. The SMILES string of the molecule is NS(=O)(=O)c1ccccc1-c1nncs1. The fourth-order valence-corrected chi connectivity index (χ4v) is 2.58. The molecule has 0 spiro atoms. The molecule has 0 radical (unpaired) electrons. The van der Waals surface area contributed by atoms with Gasteiger partial charge < -0.3 is 0 Å². The third kappa shape index (κ3) is 2.04. The lowest BCUT2D eigenvalue weighted by Crippen LogP contribution is -2.13. The number of rotatable bonds is 2. The van der Waals surface area contributed by atoms with Crippen LogP contribution in [-0.2, 0) is 10.0 Å². The second-order valence-electron chi connectivity index (χ2n) is 2.79. The van der Waals surface area contributed by atoms with Gasteiger partial charge in [-0.2, -0.15) is 0 Å². The van der Waals surface area contributed by atoms with Crippen LogP contribution in [0.2, 0.25) is 0 Å². The summed E-state index contributed by atoms with van der Waals surface area (Å²) in [7, 11) is -3.72. The summed E-state index contributed by atoms with van der Waals surface area (Å²) >= 11 is 1.26. The fourth-order valence-electron chi connectivity index (χ4n) is 1.18. The lowest BCUT2D eigenvalue weighted by atomic mass is 10.2. The summed E-state index contributed by atoms with van der Waals surface area (Å²) in [6.07, 6.45) is 0. The van der Waals surface area contributed by atoms with Crippen LogP contribution in [0.5, 0.6) is 0 Å². The van der Waals surface area contributed by atoms with Crippen LogP contribution >= 0.6 is 11.3 Å². The maximum atomic E-state index is 11.3. The van der Waals surface area contributed by atoms with E-state index in [0.717, 1.165) is 0 Å². The van der Waals surface area contributed by atoms with Gasteiger partial charge in [-0.25, -0.2) is 13.6 Å². The number of hydrogen-bond acceptors (Lipinski definition) is 5. The molecule has 0 unspecified atom stereocenters. The van der Waals surface area contributed by atoms with Crippen LogP contribution in [0.4, 0.5) is 0 Å². The number of nitrogens with two attached hydrogens (primary N) is 1. The van der Waals surface area contributed by atoms with Crippen LogP contribution in [0.3, 0.4) is 0 Å². The molecule has 1 aromatic heterocycles. The van der Waals surface area contributed by atoms with Crippen LogP contribution in [0, 0.1) is 0 Å². The molecule has 1 heterocycles. The molecule has 0 saturated heterocycles. The second-order valence-corrected chi connectivity index (χ2v) is 5.15. The maximum Gasteiger partial charge on any atom is 0.238 e. The molecule has 2 rings (SSSR count). The highest BCUT2D eigenvalue weighted by Crippen LogP contribution is 2.26. The van der Waals surface area contributed by atoms with E-state index in [2.05, 4.69) is 10.2 Å². The van der Waals surface area contributed by atoms with E-state index in [1.54, 1.807) is 18.2 Å². The van der Waals surface area contributed by atoms with Gasteiger partial charge >= 0.3 is 0 Å². The first-order chi connectivity index (χ1) is 7.09. The van der Waals surface area contributed by atoms with Gasteiger partial charge in [0, 0.05) is 5.56 Å². The van der Waals surface area contributed by atoms with Gasteiger partial charge in [-0.15, -0.1) is 10.2 Å². The van der Waals surface area contributed by atoms with E-state index in [-0.39, 0.29) is 4.90 Å². The van der Waals surface area contributed by atoms with Crippen molar-refractivity contribution >= 4 is 21.4 Å². The number of aromatic nitrogens is 2. The fraction of sp³-hybridized carbons (Fsp3) is 0. The zero-order chi connectivity index (χ0) is 10.9. The summed E-state index contributed by atoms with van der Waals surface area (Å²) in [5.41, 5.74) is 2.03. The van der Waals surface area contributed by atoms with E-state index >= 15 is 0 Å². The lowest BCUT2D eigenvalue weighted by Gasteiger charge is -2.02. The topological polar surface area (TPSA) is 85.9 Å². The molecule has 2 N–H and O–H groups in total. The zero-order valence-electron chi connectivity index (χ0n) is 7.49. The molecular formula is C8H7N3O2S2. The Morgan fingerprint density at radius 3 is 2.60 bits per heavy atom. The Kier molecular flexibility index (Phi) is 2.51. The molecule has 0 saturated carbocycles.